The number of nitriles is 1. The summed E-state index contributed by atoms with van der Waals surface area (Å²) in [6.07, 6.45) is 0. The van der Waals surface area contributed by atoms with E-state index in [4.69, 9.17) is 23.2 Å². The first-order chi connectivity index (χ1) is 11.8. The van der Waals surface area contributed by atoms with Gasteiger partial charge in [-0.2, -0.15) is 5.26 Å². The third-order valence-corrected chi connectivity index (χ3v) is 4.50. The van der Waals surface area contributed by atoms with Gasteiger partial charge < -0.3 is 0 Å². The molecule has 0 aliphatic heterocycles. The second kappa shape index (κ2) is 6.36. The Hall–Kier alpha value is -2.62. The van der Waals surface area contributed by atoms with Crippen molar-refractivity contribution in [2.45, 2.75) is 19.8 Å². The maximum absolute atomic E-state index is 12.6. The quantitative estimate of drug-likeness (QED) is 0.695. The van der Waals surface area contributed by atoms with Gasteiger partial charge in [-0.15, -0.1) is 0 Å². The molecule has 0 aliphatic rings. The predicted octanol–water partition coefficient (Wildman–Crippen LogP) is 3.38. The molecule has 0 amide bonds. The fourth-order valence-electron chi connectivity index (χ4n) is 2.69. The number of hydrogen-bond donors (Lipinski definition) is 1. The van der Waals surface area contributed by atoms with Crippen LogP contribution in [0, 0.1) is 11.3 Å². The van der Waals surface area contributed by atoms with Crippen LogP contribution in [0.15, 0.2) is 33.9 Å². The van der Waals surface area contributed by atoms with E-state index >= 15 is 0 Å². The lowest BCUT2D eigenvalue weighted by Gasteiger charge is -2.17. The van der Waals surface area contributed by atoms with Crippen LogP contribution in [0.5, 0.6) is 0 Å². The number of aromatic amines is 1. The summed E-state index contributed by atoms with van der Waals surface area (Å²) in [6.45, 7) is 3.88. The van der Waals surface area contributed by atoms with Crippen LogP contribution in [0.4, 0.5) is 0 Å². The summed E-state index contributed by atoms with van der Waals surface area (Å²) in [5.41, 5.74) is 0.151. The van der Waals surface area contributed by atoms with E-state index in [9.17, 15) is 14.9 Å². The van der Waals surface area contributed by atoms with E-state index in [1.165, 1.54) is 10.6 Å². The Bertz CT molecular complexity index is 1160. The molecular weight excluding hydrogens is 363 g/mol. The Labute approximate surface area is 152 Å². The van der Waals surface area contributed by atoms with Gasteiger partial charge in [-0.05, 0) is 23.6 Å². The van der Waals surface area contributed by atoms with Crippen molar-refractivity contribution in [3.8, 4) is 11.8 Å². The van der Waals surface area contributed by atoms with Gasteiger partial charge in [0, 0.05) is 0 Å². The lowest BCUT2D eigenvalue weighted by atomic mass is 9.98. The molecule has 6 nitrogen and oxygen atoms in total. The minimum atomic E-state index is -0.701. The Kier molecular flexibility index (Phi) is 4.38. The number of rotatable bonds is 2. The van der Waals surface area contributed by atoms with Gasteiger partial charge in [0.25, 0.3) is 5.56 Å². The normalized spacial score (nSPS) is 11.0. The van der Waals surface area contributed by atoms with Crippen LogP contribution in [0.25, 0.3) is 16.7 Å². The summed E-state index contributed by atoms with van der Waals surface area (Å²) < 4.78 is 1.20. The Morgan fingerprint density at radius 3 is 2.64 bits per heavy atom. The van der Waals surface area contributed by atoms with E-state index in [0.29, 0.717) is 5.69 Å². The van der Waals surface area contributed by atoms with Crippen molar-refractivity contribution in [1.29, 1.82) is 5.26 Å². The number of aromatic nitrogens is 3. The molecule has 1 aromatic carbocycles. The molecule has 2 heterocycles. The predicted molar refractivity (Wildman–Crippen MR) is 96.8 cm³/mol. The van der Waals surface area contributed by atoms with Gasteiger partial charge in [0.1, 0.15) is 11.2 Å². The topological polar surface area (TPSA) is 91.5 Å². The molecule has 0 spiro atoms. The second-order valence-corrected chi connectivity index (χ2v) is 6.50. The molecule has 3 rings (SSSR count). The maximum atomic E-state index is 12.6. The van der Waals surface area contributed by atoms with E-state index in [-0.39, 0.29) is 32.7 Å². The largest absolute Gasteiger partial charge is 0.334 e. The Balaban J connectivity index is 2.59. The molecule has 0 aliphatic carbocycles. The zero-order valence-electron chi connectivity index (χ0n) is 13.3. The number of halogens is 2. The smallest absolute Gasteiger partial charge is 0.273 e. The summed E-state index contributed by atoms with van der Waals surface area (Å²) in [4.78, 5) is 31.1. The van der Waals surface area contributed by atoms with Crippen molar-refractivity contribution < 1.29 is 0 Å². The van der Waals surface area contributed by atoms with Crippen molar-refractivity contribution in [2.75, 3.05) is 0 Å². The van der Waals surface area contributed by atoms with Gasteiger partial charge in [0.15, 0.2) is 5.65 Å². The number of nitrogens with zero attached hydrogens (tertiary/aromatic N) is 3. The average Bonchev–Trinajstić information content (AvgIpc) is 2.56. The molecular formula is C17H12Cl2N4O2. The lowest BCUT2D eigenvalue weighted by molar-refractivity contribution is 0.829. The summed E-state index contributed by atoms with van der Waals surface area (Å²) in [5.74, 6) is 0.0277. The third-order valence-electron chi connectivity index (χ3n) is 3.83. The van der Waals surface area contributed by atoms with Gasteiger partial charge in [-0.3, -0.25) is 9.78 Å². The zero-order valence-corrected chi connectivity index (χ0v) is 14.8. The Morgan fingerprint density at radius 2 is 2.00 bits per heavy atom. The van der Waals surface area contributed by atoms with Gasteiger partial charge in [-0.25, -0.2) is 14.3 Å². The highest BCUT2D eigenvalue weighted by molar-refractivity contribution is 6.41. The highest BCUT2D eigenvalue weighted by atomic mass is 35.5. The van der Waals surface area contributed by atoms with Gasteiger partial charge >= 0.3 is 5.69 Å². The number of benzene rings is 1. The number of H-pyrrole nitrogens is 1. The number of para-hydroxylation sites is 1. The summed E-state index contributed by atoms with van der Waals surface area (Å²) in [5, 5.41) is 9.67. The molecule has 0 saturated carbocycles. The zero-order chi connectivity index (χ0) is 18.3. The number of hydrogen-bond acceptors (Lipinski definition) is 4. The molecule has 0 unspecified atom stereocenters. The van der Waals surface area contributed by atoms with E-state index < -0.39 is 11.2 Å². The van der Waals surface area contributed by atoms with Crippen molar-refractivity contribution in [1.82, 2.24) is 14.5 Å². The number of fused-ring (bicyclic) bond motifs is 1. The van der Waals surface area contributed by atoms with Crippen molar-refractivity contribution >= 4 is 34.2 Å². The maximum Gasteiger partial charge on any atom is 0.334 e. The molecule has 1 N–H and O–H groups in total. The SMILES string of the molecule is CC(C)c1cccc(C#N)c1-n1c(=O)[nH]c(=O)c2cc(Cl)c(Cl)nc21. The van der Waals surface area contributed by atoms with Gasteiger partial charge in [0.2, 0.25) is 0 Å². The van der Waals surface area contributed by atoms with Crippen LogP contribution in [-0.2, 0) is 0 Å². The van der Waals surface area contributed by atoms with Crippen molar-refractivity contribution in [2.24, 2.45) is 0 Å². The second-order valence-electron chi connectivity index (χ2n) is 5.74. The Morgan fingerprint density at radius 1 is 1.28 bits per heavy atom. The molecule has 2 aromatic heterocycles. The van der Waals surface area contributed by atoms with Crippen LogP contribution in [-0.4, -0.2) is 14.5 Å². The monoisotopic (exact) mass is 374 g/mol. The van der Waals surface area contributed by atoms with Crippen LogP contribution >= 0.6 is 23.2 Å². The van der Waals surface area contributed by atoms with Crippen LogP contribution in [0.2, 0.25) is 10.2 Å². The average molecular weight is 375 g/mol. The third kappa shape index (κ3) is 2.82. The molecule has 0 saturated heterocycles. The van der Waals surface area contributed by atoms with Crippen LogP contribution < -0.4 is 11.2 Å². The highest BCUT2D eigenvalue weighted by Gasteiger charge is 2.19. The van der Waals surface area contributed by atoms with E-state index in [1.807, 2.05) is 19.9 Å². The summed E-state index contributed by atoms with van der Waals surface area (Å²) in [6, 6.07) is 8.60. The standard InChI is InChI=1S/C17H12Cl2N4O2/c1-8(2)10-5-3-4-9(7-20)13(10)23-15-11(16(24)22-17(23)25)6-12(18)14(19)21-15/h3-6,8H,1-2H3,(H,22,24,25). The molecule has 8 heteroatoms. The molecule has 3 aromatic rings. The highest BCUT2D eigenvalue weighted by Crippen LogP contribution is 2.28. The summed E-state index contributed by atoms with van der Waals surface area (Å²) >= 11 is 11.9. The lowest BCUT2D eigenvalue weighted by Crippen LogP contribution is -2.31. The number of pyridine rings is 1. The first kappa shape index (κ1) is 17.2. The minimum Gasteiger partial charge on any atom is -0.273 e. The number of nitrogens with one attached hydrogen (secondary N) is 1. The molecule has 0 atom stereocenters. The molecule has 126 valence electrons. The van der Waals surface area contributed by atoms with Crippen molar-refractivity contribution in [3.63, 3.8) is 0 Å². The van der Waals surface area contributed by atoms with Crippen LogP contribution in [0.3, 0.4) is 0 Å². The fourth-order valence-corrected chi connectivity index (χ4v) is 2.97. The fraction of sp³-hybridized carbons (Fsp3) is 0.176. The van der Waals surface area contributed by atoms with E-state index in [0.717, 1.165) is 5.56 Å². The van der Waals surface area contributed by atoms with Gasteiger partial charge in [0.05, 0.1) is 21.7 Å². The first-order valence-electron chi connectivity index (χ1n) is 7.39. The molecule has 0 bridgehead atoms. The molecule has 25 heavy (non-hydrogen) atoms. The van der Waals surface area contributed by atoms with E-state index in [2.05, 4.69) is 16.0 Å². The van der Waals surface area contributed by atoms with Crippen LogP contribution in [0.1, 0.15) is 30.9 Å². The summed E-state index contributed by atoms with van der Waals surface area (Å²) in [7, 11) is 0. The molecule has 0 radical (unpaired) electrons. The van der Waals surface area contributed by atoms with Gasteiger partial charge in [-0.1, -0.05) is 49.2 Å². The minimum absolute atomic E-state index is 0.0277. The molecule has 0 fully saturated rings. The van der Waals surface area contributed by atoms with E-state index in [1.54, 1.807) is 12.1 Å². The first-order valence-corrected chi connectivity index (χ1v) is 8.15. The van der Waals surface area contributed by atoms with Crippen molar-refractivity contribution in [3.05, 3.63) is 66.4 Å².